The molecule has 0 heterocycles. The summed E-state index contributed by atoms with van der Waals surface area (Å²) in [5.74, 6) is 0. The molecule has 0 N–H and O–H groups in total. The lowest BCUT2D eigenvalue weighted by atomic mass is 10.1. The van der Waals surface area contributed by atoms with Crippen molar-refractivity contribution in [3.05, 3.63) is 29.8 Å². The van der Waals surface area contributed by atoms with Crippen LogP contribution < -0.4 is 0 Å². The van der Waals surface area contributed by atoms with Gasteiger partial charge < -0.3 is 9.04 Å². The quantitative estimate of drug-likeness (QED) is 0.0750. The van der Waals surface area contributed by atoms with Gasteiger partial charge in [0.2, 0.25) is 0 Å². The zero-order valence-corrected chi connectivity index (χ0v) is 22.8. The van der Waals surface area contributed by atoms with Crippen LogP contribution in [0.25, 0.3) is 0 Å². The Bertz CT molecular complexity index is 635. The Kier molecular flexibility index (Phi) is 17.8. The molecule has 0 radical (unpaired) electrons. The van der Waals surface area contributed by atoms with Crippen molar-refractivity contribution in [2.75, 3.05) is 25.1 Å². The molecule has 1 rings (SSSR count). The first-order valence-corrected chi connectivity index (χ1v) is 14.7. The molecule has 31 heavy (non-hydrogen) atoms. The molecule has 0 saturated carbocycles. The maximum absolute atomic E-state index is 10.4. The minimum Gasteiger partial charge on any atom is -0.744 e. The van der Waals surface area contributed by atoms with Gasteiger partial charge in [-0.3, -0.25) is 0 Å². The van der Waals surface area contributed by atoms with Crippen molar-refractivity contribution in [3.63, 3.8) is 0 Å². The van der Waals surface area contributed by atoms with Crippen LogP contribution in [0, 0.1) is 6.92 Å². The van der Waals surface area contributed by atoms with Crippen molar-refractivity contribution in [2.24, 2.45) is 0 Å². The lowest BCUT2D eigenvalue weighted by Crippen LogP contribution is -2.49. The normalized spacial score (nSPS) is 11.8. The van der Waals surface area contributed by atoms with E-state index >= 15 is 0 Å². The number of quaternary nitrogens is 1. The fourth-order valence-electron chi connectivity index (χ4n) is 3.66. The van der Waals surface area contributed by atoms with Crippen molar-refractivity contribution in [1.82, 2.24) is 0 Å². The van der Waals surface area contributed by atoms with Crippen LogP contribution in [0.2, 0.25) is 0 Å². The van der Waals surface area contributed by atoms with Crippen LogP contribution in [0.1, 0.15) is 97.0 Å². The molecule has 182 valence electrons. The van der Waals surface area contributed by atoms with E-state index in [1.165, 1.54) is 107 Å². The summed E-state index contributed by atoms with van der Waals surface area (Å²) >= 11 is 3.84. The van der Waals surface area contributed by atoms with Crippen molar-refractivity contribution >= 4 is 26.0 Å². The molecule has 6 heteroatoms. The van der Waals surface area contributed by atoms with E-state index in [1.54, 1.807) is 12.1 Å². The largest absolute Gasteiger partial charge is 0.744 e. The fourth-order valence-corrected chi connectivity index (χ4v) is 4.89. The number of hydrogen-bond acceptors (Lipinski definition) is 3. The van der Waals surface area contributed by atoms with Gasteiger partial charge in [-0.15, -0.1) is 0 Å². The second-order valence-corrected chi connectivity index (χ2v) is 10.6. The van der Waals surface area contributed by atoms with Crippen LogP contribution in [0.15, 0.2) is 29.2 Å². The summed E-state index contributed by atoms with van der Waals surface area (Å²) in [7, 11) is -4.27. The van der Waals surface area contributed by atoms with Gasteiger partial charge >= 0.3 is 0 Å². The summed E-state index contributed by atoms with van der Waals surface area (Å²) in [5.41, 5.74) is 2.09. The van der Waals surface area contributed by atoms with Crippen LogP contribution in [0.3, 0.4) is 0 Å². The van der Waals surface area contributed by atoms with Gasteiger partial charge in [0.25, 0.3) is 0 Å². The highest BCUT2D eigenvalue weighted by Gasteiger charge is 2.24. The monoisotopic (exact) mass is 519 g/mol. The van der Waals surface area contributed by atoms with E-state index in [9.17, 15) is 13.0 Å². The summed E-state index contributed by atoms with van der Waals surface area (Å²) in [5, 5.41) is 0. The average molecular weight is 521 g/mol. The fraction of sp³-hybridized carbons (Fsp3) is 0.760. The van der Waals surface area contributed by atoms with E-state index in [0.717, 1.165) is 11.0 Å². The van der Waals surface area contributed by atoms with Crippen molar-refractivity contribution in [3.8, 4) is 0 Å². The number of rotatable bonds is 16. The molecule has 0 amide bonds. The van der Waals surface area contributed by atoms with Gasteiger partial charge in [-0.2, -0.15) is 0 Å². The summed E-state index contributed by atoms with van der Waals surface area (Å²) in [6, 6.07) is 5.78. The number of benzene rings is 1. The molecule has 0 bridgehead atoms. The minimum absolute atomic E-state index is 0.178. The summed E-state index contributed by atoms with van der Waals surface area (Å²) in [6.45, 7) is 12.9. The molecule has 0 aliphatic carbocycles. The number of halogens is 1. The molecular weight excluding hydrogens is 474 g/mol. The third kappa shape index (κ3) is 15.1. The third-order valence-corrected chi connectivity index (χ3v) is 7.68. The first-order chi connectivity index (χ1) is 14.7. The van der Waals surface area contributed by atoms with E-state index in [2.05, 4.69) is 36.7 Å². The molecular formula is C25H46BrNO3S. The molecule has 4 nitrogen and oxygen atoms in total. The predicted molar refractivity (Wildman–Crippen MR) is 136 cm³/mol. The Morgan fingerprint density at radius 3 is 1.48 bits per heavy atom. The van der Waals surface area contributed by atoms with E-state index in [-0.39, 0.29) is 4.90 Å². The van der Waals surface area contributed by atoms with E-state index < -0.39 is 10.1 Å². The number of unbranched alkanes of at least 4 members (excludes halogenated alkanes) is 8. The Morgan fingerprint density at radius 1 is 0.742 bits per heavy atom. The van der Waals surface area contributed by atoms with Crippen LogP contribution in [-0.4, -0.2) is 42.5 Å². The summed E-state index contributed by atoms with van der Waals surface area (Å²) in [6.07, 6.45) is 15.3. The summed E-state index contributed by atoms with van der Waals surface area (Å²) in [4.78, 5) is -0.178. The van der Waals surface area contributed by atoms with Gasteiger partial charge in [-0.05, 0) is 73.5 Å². The van der Waals surface area contributed by atoms with Crippen LogP contribution >= 0.6 is 15.9 Å². The minimum atomic E-state index is -4.27. The molecule has 0 aromatic heterocycles. The standard InChI is InChI=1S/C18H39BrN.C7H8O3S/c1-4-7-10-13-16-20(18-19,15-12-9-6-3)17-14-11-8-5-2;1-6-2-4-7(5-3-6)11(8,9)10/h4-18H2,1-3H3;2-5H,1H3,(H,8,9,10)/q+1;/p-1. The summed E-state index contributed by atoms with van der Waals surface area (Å²) < 4.78 is 32.5. The van der Waals surface area contributed by atoms with Gasteiger partial charge in [-0.25, -0.2) is 8.42 Å². The first kappa shape index (κ1) is 30.6. The van der Waals surface area contributed by atoms with Gasteiger partial charge in [0.05, 0.1) is 24.5 Å². The Labute approximate surface area is 201 Å². The van der Waals surface area contributed by atoms with Crippen LogP contribution in [-0.2, 0) is 10.1 Å². The van der Waals surface area contributed by atoms with E-state index in [4.69, 9.17) is 0 Å². The van der Waals surface area contributed by atoms with Gasteiger partial charge in [-0.1, -0.05) is 70.6 Å². The molecule has 0 saturated heterocycles. The zero-order valence-electron chi connectivity index (χ0n) is 20.4. The van der Waals surface area contributed by atoms with Crippen LogP contribution in [0.5, 0.6) is 0 Å². The number of alkyl halides is 1. The highest BCUT2D eigenvalue weighted by atomic mass is 79.9. The number of hydrogen-bond donors (Lipinski definition) is 0. The highest BCUT2D eigenvalue weighted by molar-refractivity contribution is 9.09. The first-order valence-electron chi connectivity index (χ1n) is 12.2. The van der Waals surface area contributed by atoms with Gasteiger partial charge in [0.15, 0.2) is 0 Å². The lowest BCUT2D eigenvalue weighted by Gasteiger charge is -2.37. The Morgan fingerprint density at radius 2 is 1.13 bits per heavy atom. The molecule has 0 unspecified atom stereocenters. The average Bonchev–Trinajstić information content (AvgIpc) is 2.74. The topological polar surface area (TPSA) is 57.2 Å². The van der Waals surface area contributed by atoms with Gasteiger partial charge in [0, 0.05) is 0 Å². The zero-order chi connectivity index (χ0) is 23.6. The second-order valence-electron chi connectivity index (χ2n) is 8.73. The van der Waals surface area contributed by atoms with E-state index in [0.29, 0.717) is 0 Å². The van der Waals surface area contributed by atoms with E-state index in [1.807, 2.05) is 6.92 Å². The van der Waals surface area contributed by atoms with Crippen molar-refractivity contribution < 1.29 is 17.5 Å². The Hall–Kier alpha value is -0.430. The third-order valence-electron chi connectivity index (χ3n) is 5.77. The lowest BCUT2D eigenvalue weighted by molar-refractivity contribution is -0.916. The molecule has 1 aromatic carbocycles. The number of aryl methyl sites for hydroxylation is 1. The highest BCUT2D eigenvalue weighted by Crippen LogP contribution is 2.18. The van der Waals surface area contributed by atoms with Crippen molar-refractivity contribution in [2.45, 2.75) is 103 Å². The number of nitrogens with zero attached hydrogens (tertiary/aromatic N) is 1. The maximum atomic E-state index is 10.4. The molecule has 0 aliphatic heterocycles. The predicted octanol–water partition coefficient (Wildman–Crippen LogP) is 7.41. The molecule has 0 atom stereocenters. The maximum Gasteiger partial charge on any atom is 0.134 e. The van der Waals surface area contributed by atoms with Crippen molar-refractivity contribution in [1.29, 1.82) is 0 Å². The SMILES string of the molecule is CCCCCC[N+](CBr)(CCCCC)CCCCCC.Cc1ccc(S(=O)(=O)[O-])cc1. The smallest absolute Gasteiger partial charge is 0.134 e. The molecule has 0 aliphatic rings. The second kappa shape index (κ2) is 18.0. The van der Waals surface area contributed by atoms with Gasteiger partial charge in [0.1, 0.15) is 15.6 Å². The Balaban J connectivity index is 0.000000683. The molecule has 1 aromatic rings. The molecule has 0 fully saturated rings. The van der Waals surface area contributed by atoms with Crippen LogP contribution in [0.4, 0.5) is 0 Å². The molecule has 0 spiro atoms.